The van der Waals surface area contributed by atoms with Crippen molar-refractivity contribution in [3.63, 3.8) is 0 Å². The summed E-state index contributed by atoms with van der Waals surface area (Å²) in [4.78, 5) is 12.1. The summed E-state index contributed by atoms with van der Waals surface area (Å²) < 4.78 is 27.4. The van der Waals surface area contributed by atoms with E-state index in [0.29, 0.717) is 0 Å². The molecule has 0 saturated heterocycles. The second kappa shape index (κ2) is 7.82. The van der Waals surface area contributed by atoms with Crippen LogP contribution in [0.15, 0.2) is 36.4 Å². The van der Waals surface area contributed by atoms with Gasteiger partial charge in [0.2, 0.25) is 0 Å². The van der Waals surface area contributed by atoms with Crippen LogP contribution in [0.3, 0.4) is 0 Å². The van der Waals surface area contributed by atoms with Gasteiger partial charge in [0.15, 0.2) is 0 Å². The summed E-state index contributed by atoms with van der Waals surface area (Å²) in [5, 5.41) is 28.4. The molecule has 0 spiro atoms. The lowest BCUT2D eigenvalue weighted by atomic mass is 9.98. The second-order valence-electron chi connectivity index (χ2n) is 5.34. The van der Waals surface area contributed by atoms with Crippen LogP contribution in [0.4, 0.5) is 14.5 Å². The van der Waals surface area contributed by atoms with Crippen molar-refractivity contribution in [2.45, 2.75) is 6.04 Å². The zero-order chi connectivity index (χ0) is 18.6. The SMILES string of the molecule is N=C(c1cccc(F)c1)c1cc(C(=O)NC(CO)CO)cc(F)c1N. The van der Waals surface area contributed by atoms with Crippen LogP contribution in [0.25, 0.3) is 0 Å². The number of anilines is 1. The highest BCUT2D eigenvalue weighted by atomic mass is 19.1. The molecule has 0 fully saturated rings. The number of nitrogens with one attached hydrogen (secondary N) is 2. The first-order valence-electron chi connectivity index (χ1n) is 7.33. The Morgan fingerprint density at radius 3 is 2.44 bits per heavy atom. The largest absolute Gasteiger partial charge is 0.396 e. The van der Waals surface area contributed by atoms with Gasteiger partial charge in [-0.25, -0.2) is 8.78 Å². The molecule has 2 aromatic rings. The third-order valence-corrected chi connectivity index (χ3v) is 3.55. The Labute approximate surface area is 142 Å². The summed E-state index contributed by atoms with van der Waals surface area (Å²) in [5.41, 5.74) is 5.04. The van der Waals surface area contributed by atoms with Crippen molar-refractivity contribution in [3.05, 3.63) is 64.7 Å². The molecular formula is C17H17F2N3O3. The molecule has 0 radical (unpaired) electrons. The van der Waals surface area contributed by atoms with Crippen molar-refractivity contribution in [1.82, 2.24) is 5.32 Å². The number of rotatable bonds is 6. The monoisotopic (exact) mass is 349 g/mol. The minimum atomic E-state index is -0.909. The normalized spacial score (nSPS) is 10.8. The van der Waals surface area contributed by atoms with Crippen LogP contribution in [0.1, 0.15) is 21.5 Å². The van der Waals surface area contributed by atoms with Crippen LogP contribution in [0, 0.1) is 17.0 Å². The van der Waals surface area contributed by atoms with Gasteiger partial charge in [-0.2, -0.15) is 0 Å². The van der Waals surface area contributed by atoms with Gasteiger partial charge in [0.1, 0.15) is 11.6 Å². The van der Waals surface area contributed by atoms with Gasteiger partial charge in [-0.05, 0) is 24.3 Å². The first-order valence-corrected chi connectivity index (χ1v) is 7.33. The topological polar surface area (TPSA) is 119 Å². The lowest BCUT2D eigenvalue weighted by Crippen LogP contribution is -2.40. The van der Waals surface area contributed by atoms with Gasteiger partial charge in [0.05, 0.1) is 30.7 Å². The maximum Gasteiger partial charge on any atom is 0.251 e. The van der Waals surface area contributed by atoms with Crippen molar-refractivity contribution in [2.24, 2.45) is 0 Å². The molecule has 0 aliphatic heterocycles. The van der Waals surface area contributed by atoms with Crippen LogP contribution in [-0.4, -0.2) is 41.1 Å². The first kappa shape index (κ1) is 18.5. The molecule has 0 aliphatic rings. The van der Waals surface area contributed by atoms with Crippen LogP contribution >= 0.6 is 0 Å². The van der Waals surface area contributed by atoms with Gasteiger partial charge in [-0.1, -0.05) is 12.1 Å². The number of benzene rings is 2. The predicted molar refractivity (Wildman–Crippen MR) is 88.6 cm³/mol. The fourth-order valence-corrected chi connectivity index (χ4v) is 2.17. The van der Waals surface area contributed by atoms with Crippen LogP contribution in [0.2, 0.25) is 0 Å². The summed E-state index contributed by atoms with van der Waals surface area (Å²) in [6.45, 7) is -0.989. The van der Waals surface area contributed by atoms with Gasteiger partial charge in [-0.3, -0.25) is 10.2 Å². The number of aliphatic hydroxyl groups excluding tert-OH is 2. The van der Waals surface area contributed by atoms with Crippen molar-refractivity contribution < 1.29 is 23.8 Å². The highest BCUT2D eigenvalue weighted by molar-refractivity contribution is 6.15. The molecule has 132 valence electrons. The maximum absolute atomic E-state index is 14.1. The van der Waals surface area contributed by atoms with Gasteiger partial charge in [0, 0.05) is 16.7 Å². The third kappa shape index (κ3) is 4.17. The number of carbonyl (C=O) groups excluding carboxylic acids is 1. The number of nitrogens with two attached hydrogens (primary N) is 1. The Balaban J connectivity index is 2.41. The van der Waals surface area contributed by atoms with E-state index in [4.69, 9.17) is 21.4 Å². The van der Waals surface area contributed by atoms with E-state index in [1.54, 1.807) is 0 Å². The molecule has 0 heterocycles. The molecule has 0 bridgehead atoms. The number of nitrogen functional groups attached to an aromatic ring is 1. The quantitative estimate of drug-likeness (QED) is 0.395. The molecule has 6 nitrogen and oxygen atoms in total. The van der Waals surface area contributed by atoms with Crippen LogP contribution < -0.4 is 11.1 Å². The van der Waals surface area contributed by atoms with Crippen molar-refractivity contribution in [2.75, 3.05) is 18.9 Å². The van der Waals surface area contributed by atoms with E-state index in [1.807, 2.05) is 0 Å². The Morgan fingerprint density at radius 2 is 1.84 bits per heavy atom. The van der Waals surface area contributed by atoms with E-state index in [-0.39, 0.29) is 28.1 Å². The average molecular weight is 349 g/mol. The maximum atomic E-state index is 14.1. The summed E-state index contributed by atoms with van der Waals surface area (Å²) in [5.74, 6) is -2.22. The minimum absolute atomic E-state index is 0.0692. The van der Waals surface area contributed by atoms with Crippen molar-refractivity contribution >= 4 is 17.3 Å². The Kier molecular flexibility index (Phi) is 5.79. The molecule has 25 heavy (non-hydrogen) atoms. The van der Waals surface area contributed by atoms with E-state index in [2.05, 4.69) is 5.32 Å². The standard InChI is InChI=1S/C17H17F2N3O3/c18-11-3-1-2-9(4-11)15(20)13-5-10(6-14(19)16(13)21)17(25)22-12(7-23)8-24/h1-6,12,20,23-24H,7-8,21H2,(H,22,25). The summed E-state index contributed by atoms with van der Waals surface area (Å²) in [6, 6.07) is 6.35. The molecule has 0 saturated carbocycles. The highest BCUT2D eigenvalue weighted by Gasteiger charge is 2.19. The molecule has 6 N–H and O–H groups in total. The molecule has 0 aliphatic carbocycles. The van der Waals surface area contributed by atoms with E-state index < -0.39 is 36.8 Å². The van der Waals surface area contributed by atoms with Gasteiger partial charge in [0.25, 0.3) is 5.91 Å². The lowest BCUT2D eigenvalue weighted by Gasteiger charge is -2.15. The molecule has 2 aromatic carbocycles. The zero-order valence-corrected chi connectivity index (χ0v) is 13.1. The van der Waals surface area contributed by atoms with Crippen LogP contribution in [-0.2, 0) is 0 Å². The third-order valence-electron chi connectivity index (χ3n) is 3.55. The number of carbonyl (C=O) groups is 1. The van der Waals surface area contributed by atoms with Gasteiger partial charge < -0.3 is 21.3 Å². The predicted octanol–water partition coefficient (Wildman–Crippen LogP) is 1.05. The van der Waals surface area contributed by atoms with E-state index >= 15 is 0 Å². The van der Waals surface area contributed by atoms with Crippen molar-refractivity contribution in [3.8, 4) is 0 Å². The number of hydrogen-bond acceptors (Lipinski definition) is 5. The Hall–Kier alpha value is -2.84. The van der Waals surface area contributed by atoms with Gasteiger partial charge in [-0.15, -0.1) is 0 Å². The molecule has 0 aromatic heterocycles. The fraction of sp³-hybridized carbons (Fsp3) is 0.176. The molecule has 2 rings (SSSR count). The first-order chi connectivity index (χ1) is 11.9. The zero-order valence-electron chi connectivity index (χ0n) is 13.1. The van der Waals surface area contributed by atoms with E-state index in [9.17, 15) is 13.6 Å². The number of hydrogen-bond donors (Lipinski definition) is 5. The van der Waals surface area contributed by atoms with Gasteiger partial charge >= 0.3 is 0 Å². The average Bonchev–Trinajstić information content (AvgIpc) is 2.61. The number of halogens is 2. The molecule has 1 amide bonds. The van der Waals surface area contributed by atoms with E-state index in [0.717, 1.165) is 12.1 Å². The fourth-order valence-electron chi connectivity index (χ4n) is 2.17. The Morgan fingerprint density at radius 1 is 1.16 bits per heavy atom. The summed E-state index contributed by atoms with van der Waals surface area (Å²) in [6.07, 6.45) is 0. The molecule has 0 atom stereocenters. The highest BCUT2D eigenvalue weighted by Crippen LogP contribution is 2.22. The van der Waals surface area contributed by atoms with Crippen LogP contribution in [0.5, 0.6) is 0 Å². The molecule has 8 heteroatoms. The summed E-state index contributed by atoms with van der Waals surface area (Å²) in [7, 11) is 0. The Bertz CT molecular complexity index is 808. The second-order valence-corrected chi connectivity index (χ2v) is 5.34. The number of amides is 1. The van der Waals surface area contributed by atoms with Crippen molar-refractivity contribution in [1.29, 1.82) is 5.41 Å². The molecular weight excluding hydrogens is 332 g/mol. The number of aliphatic hydroxyl groups is 2. The smallest absolute Gasteiger partial charge is 0.251 e. The summed E-state index contributed by atoms with van der Waals surface area (Å²) >= 11 is 0. The lowest BCUT2D eigenvalue weighted by molar-refractivity contribution is 0.0879. The minimum Gasteiger partial charge on any atom is -0.396 e. The molecule has 0 unspecified atom stereocenters. The van der Waals surface area contributed by atoms with E-state index in [1.165, 1.54) is 24.3 Å².